The van der Waals surface area contributed by atoms with Crippen molar-refractivity contribution in [2.24, 2.45) is 0 Å². The lowest BCUT2D eigenvalue weighted by atomic mass is 10.0. The van der Waals surface area contributed by atoms with Crippen LogP contribution in [0.4, 0.5) is 0 Å². The summed E-state index contributed by atoms with van der Waals surface area (Å²) in [7, 11) is 1.81. The average molecular weight is 303 g/mol. The molecule has 2 aromatic rings. The molecule has 21 heavy (non-hydrogen) atoms. The standard InChI is InChI=1S/C17H21NO2S/c1-12-11-15(13(2)21-12)17(20)18(3)16(9-10-19)14-7-5-4-6-8-14/h4-8,11,16,19H,9-10H2,1-3H3. The van der Waals surface area contributed by atoms with Crippen LogP contribution in [0.1, 0.15) is 38.1 Å². The van der Waals surface area contributed by atoms with E-state index in [9.17, 15) is 9.90 Å². The lowest BCUT2D eigenvalue weighted by Crippen LogP contribution is -2.32. The molecule has 0 radical (unpaired) electrons. The summed E-state index contributed by atoms with van der Waals surface area (Å²) in [6.07, 6.45) is 0.536. The quantitative estimate of drug-likeness (QED) is 0.917. The second-order valence-corrected chi connectivity index (χ2v) is 6.64. The maximum atomic E-state index is 12.7. The van der Waals surface area contributed by atoms with Crippen molar-refractivity contribution >= 4 is 17.2 Å². The van der Waals surface area contributed by atoms with Crippen LogP contribution in [0.5, 0.6) is 0 Å². The Labute approximate surface area is 129 Å². The maximum absolute atomic E-state index is 12.7. The van der Waals surface area contributed by atoms with E-state index in [1.54, 1.807) is 16.2 Å². The number of benzene rings is 1. The largest absolute Gasteiger partial charge is 0.396 e. The van der Waals surface area contributed by atoms with Gasteiger partial charge in [-0.3, -0.25) is 4.79 Å². The monoisotopic (exact) mass is 303 g/mol. The zero-order chi connectivity index (χ0) is 15.4. The lowest BCUT2D eigenvalue weighted by molar-refractivity contribution is 0.0705. The second-order valence-electron chi connectivity index (χ2n) is 5.18. The maximum Gasteiger partial charge on any atom is 0.255 e. The topological polar surface area (TPSA) is 40.5 Å². The molecule has 0 fully saturated rings. The van der Waals surface area contributed by atoms with Gasteiger partial charge in [0.1, 0.15) is 0 Å². The third kappa shape index (κ3) is 3.52. The molecule has 1 aromatic carbocycles. The smallest absolute Gasteiger partial charge is 0.255 e. The third-order valence-corrected chi connectivity index (χ3v) is 4.61. The summed E-state index contributed by atoms with van der Waals surface area (Å²) in [6.45, 7) is 4.04. The molecule has 0 saturated heterocycles. The van der Waals surface area contributed by atoms with Gasteiger partial charge in [0, 0.05) is 23.4 Å². The Hall–Kier alpha value is -1.65. The number of aliphatic hydroxyl groups excluding tert-OH is 1. The molecule has 1 heterocycles. The van der Waals surface area contributed by atoms with Crippen molar-refractivity contribution in [2.75, 3.05) is 13.7 Å². The van der Waals surface area contributed by atoms with Crippen molar-refractivity contribution in [1.82, 2.24) is 4.90 Å². The van der Waals surface area contributed by atoms with Gasteiger partial charge in [-0.25, -0.2) is 0 Å². The molecule has 0 bridgehead atoms. The third-order valence-electron chi connectivity index (χ3n) is 3.65. The Morgan fingerprint density at radius 1 is 1.29 bits per heavy atom. The van der Waals surface area contributed by atoms with E-state index in [1.807, 2.05) is 57.3 Å². The molecule has 0 saturated carbocycles. The van der Waals surface area contributed by atoms with E-state index in [4.69, 9.17) is 0 Å². The highest BCUT2D eigenvalue weighted by molar-refractivity contribution is 7.12. The fraction of sp³-hybridized carbons (Fsp3) is 0.353. The van der Waals surface area contributed by atoms with Gasteiger partial charge in [0.15, 0.2) is 0 Å². The molecule has 1 unspecified atom stereocenters. The summed E-state index contributed by atoms with van der Waals surface area (Å²) in [5, 5.41) is 9.32. The van der Waals surface area contributed by atoms with Crippen LogP contribution >= 0.6 is 11.3 Å². The Kier molecular flexibility index (Phi) is 5.15. The van der Waals surface area contributed by atoms with Crippen molar-refractivity contribution in [2.45, 2.75) is 26.3 Å². The SMILES string of the molecule is Cc1cc(C(=O)N(C)C(CCO)c2ccccc2)c(C)s1. The van der Waals surface area contributed by atoms with E-state index in [2.05, 4.69) is 0 Å². The van der Waals surface area contributed by atoms with Gasteiger partial charge >= 0.3 is 0 Å². The first kappa shape index (κ1) is 15.7. The average Bonchev–Trinajstić information content (AvgIpc) is 2.83. The number of rotatable bonds is 5. The highest BCUT2D eigenvalue weighted by Crippen LogP contribution is 2.27. The summed E-state index contributed by atoms with van der Waals surface area (Å²) in [5.41, 5.74) is 1.81. The molecule has 4 heteroatoms. The summed E-state index contributed by atoms with van der Waals surface area (Å²) in [4.78, 5) is 16.6. The number of aliphatic hydroxyl groups is 1. The predicted molar refractivity (Wildman–Crippen MR) is 86.8 cm³/mol. The van der Waals surface area contributed by atoms with Crippen molar-refractivity contribution in [3.8, 4) is 0 Å². The van der Waals surface area contributed by atoms with E-state index < -0.39 is 0 Å². The molecule has 0 aliphatic heterocycles. The summed E-state index contributed by atoms with van der Waals surface area (Å²) < 4.78 is 0. The number of nitrogens with zero attached hydrogens (tertiary/aromatic N) is 1. The van der Waals surface area contributed by atoms with Crippen LogP contribution in [-0.2, 0) is 0 Å². The zero-order valence-corrected chi connectivity index (χ0v) is 13.5. The van der Waals surface area contributed by atoms with Gasteiger partial charge < -0.3 is 10.0 Å². The van der Waals surface area contributed by atoms with E-state index in [0.29, 0.717) is 6.42 Å². The molecule has 3 nitrogen and oxygen atoms in total. The second kappa shape index (κ2) is 6.87. The van der Waals surface area contributed by atoms with Crippen molar-refractivity contribution in [1.29, 1.82) is 0 Å². The normalized spacial score (nSPS) is 12.2. The minimum atomic E-state index is -0.108. The molecule has 0 spiro atoms. The molecular weight excluding hydrogens is 282 g/mol. The van der Waals surface area contributed by atoms with Crippen LogP contribution in [0.15, 0.2) is 36.4 Å². The summed E-state index contributed by atoms with van der Waals surface area (Å²) in [5.74, 6) is 0.0131. The number of amides is 1. The van der Waals surface area contributed by atoms with Crippen molar-refractivity contribution in [3.63, 3.8) is 0 Å². The Balaban J connectivity index is 2.28. The first-order valence-electron chi connectivity index (χ1n) is 7.04. The molecule has 1 N–H and O–H groups in total. The number of carbonyl (C=O) groups is 1. The Morgan fingerprint density at radius 2 is 1.95 bits per heavy atom. The minimum Gasteiger partial charge on any atom is -0.396 e. The minimum absolute atomic E-state index is 0.0131. The van der Waals surface area contributed by atoms with Crippen LogP contribution < -0.4 is 0 Å². The molecular formula is C17H21NO2S. The van der Waals surface area contributed by atoms with Crippen LogP contribution in [0.25, 0.3) is 0 Å². The van der Waals surface area contributed by atoms with Gasteiger partial charge in [-0.05, 0) is 31.9 Å². The Bertz CT molecular complexity index is 607. The van der Waals surface area contributed by atoms with Gasteiger partial charge in [-0.15, -0.1) is 11.3 Å². The molecule has 1 aromatic heterocycles. The van der Waals surface area contributed by atoms with Gasteiger partial charge in [0.05, 0.1) is 11.6 Å². The summed E-state index contributed by atoms with van der Waals surface area (Å²) >= 11 is 1.64. The molecule has 0 aliphatic carbocycles. The number of carbonyl (C=O) groups excluding carboxylic acids is 1. The Morgan fingerprint density at radius 3 is 2.48 bits per heavy atom. The highest BCUT2D eigenvalue weighted by Gasteiger charge is 2.24. The van der Waals surface area contributed by atoms with Crippen molar-refractivity contribution in [3.05, 3.63) is 57.3 Å². The fourth-order valence-corrected chi connectivity index (χ4v) is 3.47. The summed E-state index contributed by atoms with van der Waals surface area (Å²) in [6, 6.07) is 11.7. The van der Waals surface area contributed by atoms with Crippen molar-refractivity contribution < 1.29 is 9.90 Å². The van der Waals surface area contributed by atoms with E-state index in [-0.39, 0.29) is 18.6 Å². The van der Waals surface area contributed by atoms with E-state index >= 15 is 0 Å². The highest BCUT2D eigenvalue weighted by atomic mass is 32.1. The van der Waals surface area contributed by atoms with E-state index in [1.165, 1.54) is 0 Å². The first-order valence-corrected chi connectivity index (χ1v) is 7.86. The lowest BCUT2D eigenvalue weighted by Gasteiger charge is -2.28. The zero-order valence-electron chi connectivity index (χ0n) is 12.7. The molecule has 112 valence electrons. The van der Waals surface area contributed by atoms with Gasteiger partial charge in [-0.2, -0.15) is 0 Å². The number of hydrogen-bond donors (Lipinski definition) is 1. The van der Waals surface area contributed by atoms with Crippen LogP contribution in [0, 0.1) is 13.8 Å². The molecule has 1 atom stereocenters. The molecule has 1 amide bonds. The molecule has 2 rings (SSSR count). The van der Waals surface area contributed by atoms with Crippen LogP contribution in [0.3, 0.4) is 0 Å². The van der Waals surface area contributed by atoms with E-state index in [0.717, 1.165) is 20.9 Å². The molecule has 0 aliphatic rings. The predicted octanol–water partition coefficient (Wildman–Crippen LogP) is 3.56. The first-order chi connectivity index (χ1) is 10.0. The van der Waals surface area contributed by atoms with Gasteiger partial charge in [-0.1, -0.05) is 30.3 Å². The fourth-order valence-electron chi connectivity index (χ4n) is 2.56. The van der Waals surface area contributed by atoms with Crippen LogP contribution in [0.2, 0.25) is 0 Å². The number of aryl methyl sites for hydroxylation is 2. The van der Waals surface area contributed by atoms with Gasteiger partial charge in [0.2, 0.25) is 0 Å². The van der Waals surface area contributed by atoms with Crippen LogP contribution in [-0.4, -0.2) is 29.6 Å². The van der Waals surface area contributed by atoms with Gasteiger partial charge in [0.25, 0.3) is 5.91 Å². The number of thiophene rings is 1. The number of hydrogen-bond acceptors (Lipinski definition) is 3.